The summed E-state index contributed by atoms with van der Waals surface area (Å²) in [5.74, 6) is 1.41. The monoisotopic (exact) mass is 552 g/mol. The molecule has 0 bridgehead atoms. The average molecular weight is 553 g/mol. The lowest BCUT2D eigenvalue weighted by Gasteiger charge is -2.28. The molecule has 0 radical (unpaired) electrons. The third kappa shape index (κ3) is 6.09. The van der Waals surface area contributed by atoms with Crippen molar-refractivity contribution >= 4 is 17.5 Å². The number of ether oxygens (including phenoxy) is 2. The number of hydrogen-bond acceptors (Lipinski definition) is 7. The Morgan fingerprint density at radius 1 is 1.00 bits per heavy atom. The van der Waals surface area contributed by atoms with Crippen LogP contribution in [0.4, 0.5) is 11.6 Å². The van der Waals surface area contributed by atoms with E-state index in [0.29, 0.717) is 47.6 Å². The molecule has 41 heavy (non-hydrogen) atoms. The second-order valence-corrected chi connectivity index (χ2v) is 11.2. The molecule has 3 aromatic carbocycles. The third-order valence-corrected chi connectivity index (χ3v) is 7.03. The molecule has 9 heteroatoms. The maximum atomic E-state index is 13.7. The highest BCUT2D eigenvalue weighted by molar-refractivity contribution is 6.06. The van der Waals surface area contributed by atoms with Gasteiger partial charge in [-0.1, -0.05) is 68.3 Å². The lowest BCUT2D eigenvalue weighted by atomic mass is 9.87. The van der Waals surface area contributed by atoms with Crippen molar-refractivity contribution in [1.82, 2.24) is 20.2 Å². The van der Waals surface area contributed by atoms with E-state index in [-0.39, 0.29) is 11.3 Å². The van der Waals surface area contributed by atoms with Gasteiger partial charge in [0.05, 0.1) is 12.2 Å². The first kappa shape index (κ1) is 27.9. The Morgan fingerprint density at radius 3 is 2.49 bits per heavy atom. The van der Waals surface area contributed by atoms with Crippen LogP contribution < -0.4 is 20.1 Å². The molecule has 0 aliphatic carbocycles. The van der Waals surface area contributed by atoms with Crippen LogP contribution in [0.2, 0.25) is 0 Å². The van der Waals surface area contributed by atoms with Gasteiger partial charge in [0.25, 0.3) is 5.91 Å². The maximum Gasteiger partial charge on any atom is 0.255 e. The highest BCUT2D eigenvalue weighted by Crippen LogP contribution is 2.39. The molecule has 0 spiro atoms. The maximum absolute atomic E-state index is 13.7. The average Bonchev–Trinajstić information content (AvgIpc) is 3.39. The fourth-order valence-electron chi connectivity index (χ4n) is 4.88. The summed E-state index contributed by atoms with van der Waals surface area (Å²) >= 11 is 0. The van der Waals surface area contributed by atoms with Crippen LogP contribution in [0.3, 0.4) is 0 Å². The summed E-state index contributed by atoms with van der Waals surface area (Å²) in [5.41, 5.74) is 6.15. The van der Waals surface area contributed by atoms with Crippen LogP contribution in [0, 0.1) is 6.92 Å². The lowest BCUT2D eigenvalue weighted by Crippen LogP contribution is -2.31. The van der Waals surface area contributed by atoms with Crippen LogP contribution in [0.1, 0.15) is 62.9 Å². The zero-order chi connectivity index (χ0) is 29.1. The van der Waals surface area contributed by atoms with Crippen molar-refractivity contribution in [1.29, 1.82) is 0 Å². The van der Waals surface area contributed by atoms with Gasteiger partial charge in [-0.3, -0.25) is 4.79 Å². The summed E-state index contributed by atoms with van der Waals surface area (Å²) in [6.07, 6.45) is 0. The quantitative estimate of drug-likeness (QED) is 0.269. The van der Waals surface area contributed by atoms with E-state index in [0.717, 1.165) is 16.7 Å². The number of amides is 1. The van der Waals surface area contributed by atoms with E-state index in [1.54, 1.807) is 4.68 Å². The van der Waals surface area contributed by atoms with E-state index < -0.39 is 6.04 Å². The molecular weight excluding hydrogens is 516 g/mol. The van der Waals surface area contributed by atoms with Crippen LogP contribution in [0.15, 0.2) is 78.0 Å². The molecule has 0 saturated heterocycles. The van der Waals surface area contributed by atoms with Crippen LogP contribution in [0.5, 0.6) is 11.5 Å². The van der Waals surface area contributed by atoms with Gasteiger partial charge in [0.2, 0.25) is 5.95 Å². The summed E-state index contributed by atoms with van der Waals surface area (Å²) in [7, 11) is 0. The molecule has 1 aromatic heterocycles. The van der Waals surface area contributed by atoms with Crippen LogP contribution in [-0.2, 0) is 16.8 Å². The Bertz CT molecular complexity index is 1580. The summed E-state index contributed by atoms with van der Waals surface area (Å²) in [6, 6.07) is 21.3. The van der Waals surface area contributed by atoms with Gasteiger partial charge in [0.1, 0.15) is 12.6 Å². The molecule has 1 unspecified atom stereocenters. The second kappa shape index (κ2) is 11.4. The Labute approximate surface area is 240 Å². The highest BCUT2D eigenvalue weighted by Gasteiger charge is 2.34. The minimum absolute atomic E-state index is 0.0913. The van der Waals surface area contributed by atoms with Crippen LogP contribution >= 0.6 is 0 Å². The first-order chi connectivity index (χ1) is 19.6. The SMILES string of the molecule is CCOc1cc(C2C(C(=O)Nc3cccc(C)c3)=C(C)Nc3nnnn32)ccc1OCc1ccc(C(C)(C)C)cc1. The Hall–Kier alpha value is -4.66. The molecule has 9 nitrogen and oxygen atoms in total. The molecule has 2 heterocycles. The molecule has 1 atom stereocenters. The molecule has 5 rings (SSSR count). The van der Waals surface area contributed by atoms with Crippen molar-refractivity contribution in [3.05, 3.63) is 100 Å². The molecule has 1 aliphatic rings. The minimum atomic E-state index is -0.579. The van der Waals surface area contributed by atoms with E-state index >= 15 is 0 Å². The van der Waals surface area contributed by atoms with Crippen molar-refractivity contribution in [3.63, 3.8) is 0 Å². The van der Waals surface area contributed by atoms with E-state index in [2.05, 4.69) is 71.2 Å². The fraction of sp³-hybridized carbons (Fsp3) is 0.312. The number of aromatic nitrogens is 4. The largest absolute Gasteiger partial charge is 0.490 e. The van der Waals surface area contributed by atoms with E-state index in [4.69, 9.17) is 9.47 Å². The number of hydrogen-bond donors (Lipinski definition) is 2. The number of aryl methyl sites for hydroxylation is 1. The first-order valence-corrected chi connectivity index (χ1v) is 13.8. The number of carbonyl (C=O) groups is 1. The minimum Gasteiger partial charge on any atom is -0.490 e. The molecule has 0 fully saturated rings. The van der Waals surface area contributed by atoms with Crippen LogP contribution in [-0.4, -0.2) is 32.7 Å². The number of anilines is 2. The topological polar surface area (TPSA) is 103 Å². The Balaban J connectivity index is 1.44. The predicted molar refractivity (Wildman–Crippen MR) is 159 cm³/mol. The van der Waals surface area contributed by atoms with E-state index in [9.17, 15) is 4.79 Å². The fourth-order valence-corrected chi connectivity index (χ4v) is 4.88. The number of allylic oxidation sites excluding steroid dienone is 1. The van der Waals surface area contributed by atoms with Gasteiger partial charge in [-0.2, -0.15) is 4.68 Å². The predicted octanol–water partition coefficient (Wildman–Crippen LogP) is 6.18. The lowest BCUT2D eigenvalue weighted by molar-refractivity contribution is -0.113. The number of tetrazole rings is 1. The normalized spacial score (nSPS) is 14.7. The van der Waals surface area contributed by atoms with Gasteiger partial charge in [0.15, 0.2) is 11.5 Å². The number of nitrogens with one attached hydrogen (secondary N) is 2. The zero-order valence-electron chi connectivity index (χ0n) is 24.4. The molecule has 4 aromatic rings. The number of nitrogens with zero attached hydrogens (tertiary/aromatic N) is 4. The van der Waals surface area contributed by atoms with Crippen molar-refractivity contribution in [3.8, 4) is 11.5 Å². The standard InChI is InChI=1S/C32H36N6O3/c1-7-40-27-18-23(13-16-26(27)41-19-22-11-14-24(15-12-22)32(4,5)6)29-28(21(3)33-31-35-36-37-38(29)31)30(39)34-25-10-8-9-20(2)17-25/h8-18,29H,7,19H2,1-6H3,(H,34,39)(H,33,35,37). The number of rotatable bonds is 8. The molecule has 1 amide bonds. The Morgan fingerprint density at radius 2 is 1.78 bits per heavy atom. The Kier molecular flexibility index (Phi) is 7.79. The smallest absolute Gasteiger partial charge is 0.255 e. The number of fused-ring (bicyclic) bond motifs is 1. The van der Waals surface area contributed by atoms with Gasteiger partial charge < -0.3 is 20.1 Å². The third-order valence-electron chi connectivity index (χ3n) is 7.03. The van der Waals surface area contributed by atoms with E-state index in [1.807, 2.05) is 63.2 Å². The molecule has 0 saturated carbocycles. The van der Waals surface area contributed by atoms with Gasteiger partial charge in [-0.25, -0.2) is 0 Å². The highest BCUT2D eigenvalue weighted by atomic mass is 16.5. The number of benzene rings is 3. The van der Waals surface area contributed by atoms with Crippen molar-refractivity contribution < 1.29 is 14.3 Å². The summed E-state index contributed by atoms with van der Waals surface area (Å²) < 4.78 is 13.8. The van der Waals surface area contributed by atoms with Gasteiger partial charge >= 0.3 is 0 Å². The van der Waals surface area contributed by atoms with E-state index in [1.165, 1.54) is 5.56 Å². The first-order valence-electron chi connectivity index (χ1n) is 13.8. The summed E-state index contributed by atoms with van der Waals surface area (Å²) in [4.78, 5) is 13.7. The van der Waals surface area contributed by atoms with Crippen molar-refractivity contribution in [2.45, 2.75) is 59.6 Å². The summed E-state index contributed by atoms with van der Waals surface area (Å²) in [5, 5.41) is 18.4. The van der Waals surface area contributed by atoms with Crippen molar-refractivity contribution in [2.75, 3.05) is 17.2 Å². The number of carbonyl (C=O) groups excluding carboxylic acids is 1. The summed E-state index contributed by atoms with van der Waals surface area (Å²) in [6.45, 7) is 13.2. The molecule has 2 N–H and O–H groups in total. The molecule has 1 aliphatic heterocycles. The van der Waals surface area contributed by atoms with Crippen molar-refractivity contribution in [2.24, 2.45) is 0 Å². The molecular formula is C32H36N6O3. The van der Waals surface area contributed by atoms with Gasteiger partial charge in [-0.15, -0.1) is 0 Å². The zero-order valence-corrected chi connectivity index (χ0v) is 24.4. The second-order valence-electron chi connectivity index (χ2n) is 11.2. The van der Waals surface area contributed by atoms with Crippen LogP contribution in [0.25, 0.3) is 0 Å². The molecule has 212 valence electrons. The van der Waals surface area contributed by atoms with Gasteiger partial charge in [-0.05, 0) is 83.1 Å². The van der Waals surface area contributed by atoms with Gasteiger partial charge in [0, 0.05) is 11.4 Å².